The molecule has 2 nitrogen and oxygen atoms in total. The van der Waals surface area contributed by atoms with E-state index in [-0.39, 0.29) is 0 Å². The highest BCUT2D eigenvalue weighted by Crippen LogP contribution is 2.23. The fourth-order valence-corrected chi connectivity index (χ4v) is 2.73. The van der Waals surface area contributed by atoms with Crippen molar-refractivity contribution in [3.05, 3.63) is 35.4 Å². The molecule has 0 radical (unpaired) electrons. The number of benzene rings is 1. The molecule has 4 heteroatoms. The van der Waals surface area contributed by atoms with Crippen LogP contribution in [-0.2, 0) is 6.54 Å². The summed E-state index contributed by atoms with van der Waals surface area (Å²) in [5, 5.41) is 6.60. The van der Waals surface area contributed by atoms with Crippen LogP contribution in [0.3, 0.4) is 0 Å². The molecule has 0 atom stereocenters. The van der Waals surface area contributed by atoms with Gasteiger partial charge >= 0.3 is 0 Å². The molecule has 1 aliphatic carbocycles. The van der Waals surface area contributed by atoms with E-state index >= 15 is 0 Å². The molecule has 0 bridgehead atoms. The van der Waals surface area contributed by atoms with Crippen molar-refractivity contribution in [2.75, 3.05) is 13.6 Å². The molecule has 1 aromatic carbocycles. The predicted molar refractivity (Wildman–Crippen MR) is 72.9 cm³/mol. The lowest BCUT2D eigenvalue weighted by atomic mass is 9.86. The van der Waals surface area contributed by atoms with Crippen molar-refractivity contribution in [2.24, 2.45) is 5.92 Å². The van der Waals surface area contributed by atoms with E-state index in [0.717, 1.165) is 12.6 Å². The van der Waals surface area contributed by atoms with Crippen LogP contribution in [-0.4, -0.2) is 19.6 Å². The minimum absolute atomic E-state index is 0.466. The van der Waals surface area contributed by atoms with Gasteiger partial charge in [0.1, 0.15) is 11.6 Å². The Morgan fingerprint density at radius 3 is 2.53 bits per heavy atom. The van der Waals surface area contributed by atoms with Gasteiger partial charge in [0.15, 0.2) is 0 Å². The first kappa shape index (κ1) is 14.4. The van der Waals surface area contributed by atoms with Gasteiger partial charge in [0, 0.05) is 24.2 Å². The highest BCUT2D eigenvalue weighted by atomic mass is 19.1. The van der Waals surface area contributed by atoms with Crippen molar-refractivity contribution in [3.63, 3.8) is 0 Å². The molecule has 0 spiro atoms. The zero-order valence-corrected chi connectivity index (χ0v) is 11.4. The summed E-state index contributed by atoms with van der Waals surface area (Å²) in [6.45, 7) is 1.38. The third-order valence-electron chi connectivity index (χ3n) is 4.02. The Balaban J connectivity index is 1.72. The summed E-state index contributed by atoms with van der Waals surface area (Å²) in [5.41, 5.74) is 0.533. The molecule has 0 amide bonds. The summed E-state index contributed by atoms with van der Waals surface area (Å²) in [6.07, 6.45) is 4.86. The van der Waals surface area contributed by atoms with Crippen LogP contribution in [0.4, 0.5) is 8.78 Å². The first-order valence-electron chi connectivity index (χ1n) is 7.01. The average Bonchev–Trinajstić information content (AvgIpc) is 2.42. The average molecular weight is 268 g/mol. The molecule has 1 aliphatic rings. The monoisotopic (exact) mass is 268 g/mol. The van der Waals surface area contributed by atoms with Crippen LogP contribution in [0.2, 0.25) is 0 Å². The molecule has 0 aliphatic heterocycles. The van der Waals surface area contributed by atoms with E-state index in [1.165, 1.54) is 37.8 Å². The first-order chi connectivity index (χ1) is 9.19. The summed E-state index contributed by atoms with van der Waals surface area (Å²) in [4.78, 5) is 0. The summed E-state index contributed by atoms with van der Waals surface area (Å²) in [7, 11) is 2.01. The Hall–Kier alpha value is -1.00. The van der Waals surface area contributed by atoms with Gasteiger partial charge in [-0.15, -0.1) is 0 Å². The normalized spacial score (nSPS) is 23.5. The van der Waals surface area contributed by atoms with Crippen molar-refractivity contribution >= 4 is 0 Å². The Morgan fingerprint density at radius 2 is 1.89 bits per heavy atom. The summed E-state index contributed by atoms with van der Waals surface area (Å²) >= 11 is 0. The molecule has 1 fully saturated rings. The second-order valence-corrected chi connectivity index (χ2v) is 5.37. The summed E-state index contributed by atoms with van der Waals surface area (Å²) in [5.74, 6) is -0.314. The molecule has 0 aromatic heterocycles. The molecule has 19 heavy (non-hydrogen) atoms. The second kappa shape index (κ2) is 6.96. The lowest BCUT2D eigenvalue weighted by molar-refractivity contribution is 0.292. The number of nitrogens with one attached hydrogen (secondary N) is 2. The van der Waals surface area contributed by atoms with Crippen LogP contribution in [0.15, 0.2) is 18.2 Å². The molecular weight excluding hydrogens is 246 g/mol. The lowest BCUT2D eigenvalue weighted by Crippen LogP contribution is -2.33. The zero-order chi connectivity index (χ0) is 13.7. The molecule has 0 heterocycles. The van der Waals surface area contributed by atoms with Crippen molar-refractivity contribution in [3.8, 4) is 0 Å². The molecule has 1 aromatic rings. The molecule has 106 valence electrons. The van der Waals surface area contributed by atoms with Crippen molar-refractivity contribution in [1.29, 1.82) is 0 Å². The maximum Gasteiger partial charge on any atom is 0.130 e. The fourth-order valence-electron chi connectivity index (χ4n) is 2.73. The van der Waals surface area contributed by atoms with Gasteiger partial charge < -0.3 is 10.6 Å². The standard InChI is InChI=1S/C15H22F2N2/c1-18-14-6-2-11(3-7-14)9-19-10-12-4-5-13(16)8-15(12)17/h4-5,8,11,14,18-19H,2-3,6-7,9-10H2,1H3. The van der Waals surface area contributed by atoms with E-state index in [1.54, 1.807) is 0 Å². The first-order valence-corrected chi connectivity index (χ1v) is 7.01. The Bertz CT molecular complexity index is 401. The number of hydrogen-bond acceptors (Lipinski definition) is 2. The van der Waals surface area contributed by atoms with E-state index in [2.05, 4.69) is 10.6 Å². The van der Waals surface area contributed by atoms with Gasteiger partial charge in [0.25, 0.3) is 0 Å². The van der Waals surface area contributed by atoms with Gasteiger partial charge in [-0.2, -0.15) is 0 Å². The lowest BCUT2D eigenvalue weighted by Gasteiger charge is -2.28. The Labute approximate surface area is 113 Å². The maximum absolute atomic E-state index is 13.4. The summed E-state index contributed by atoms with van der Waals surface area (Å²) in [6, 6.07) is 4.41. The van der Waals surface area contributed by atoms with Gasteiger partial charge in [-0.3, -0.25) is 0 Å². The highest BCUT2D eigenvalue weighted by Gasteiger charge is 2.19. The highest BCUT2D eigenvalue weighted by molar-refractivity contribution is 5.18. The molecule has 2 N–H and O–H groups in total. The molecular formula is C15H22F2N2. The smallest absolute Gasteiger partial charge is 0.130 e. The molecule has 1 saturated carbocycles. The van der Waals surface area contributed by atoms with Gasteiger partial charge in [-0.05, 0) is 51.3 Å². The third kappa shape index (κ3) is 4.25. The van der Waals surface area contributed by atoms with Crippen molar-refractivity contribution in [2.45, 2.75) is 38.3 Å². The second-order valence-electron chi connectivity index (χ2n) is 5.37. The molecule has 0 unspecified atom stereocenters. The fraction of sp³-hybridized carbons (Fsp3) is 0.600. The Morgan fingerprint density at radius 1 is 1.16 bits per heavy atom. The van der Waals surface area contributed by atoms with Crippen LogP contribution in [0.5, 0.6) is 0 Å². The van der Waals surface area contributed by atoms with Crippen LogP contribution in [0, 0.1) is 17.6 Å². The number of rotatable bonds is 5. The maximum atomic E-state index is 13.4. The minimum Gasteiger partial charge on any atom is -0.317 e. The van der Waals surface area contributed by atoms with Crippen LogP contribution in [0.1, 0.15) is 31.2 Å². The zero-order valence-electron chi connectivity index (χ0n) is 11.4. The van der Waals surface area contributed by atoms with Crippen LogP contribution >= 0.6 is 0 Å². The predicted octanol–water partition coefficient (Wildman–Crippen LogP) is 2.83. The van der Waals surface area contributed by atoms with Crippen LogP contribution < -0.4 is 10.6 Å². The topological polar surface area (TPSA) is 24.1 Å². The SMILES string of the molecule is CNC1CCC(CNCc2ccc(F)cc2F)CC1. The largest absolute Gasteiger partial charge is 0.317 e. The molecule has 0 saturated heterocycles. The van der Waals surface area contributed by atoms with E-state index in [9.17, 15) is 8.78 Å². The third-order valence-corrected chi connectivity index (χ3v) is 4.02. The minimum atomic E-state index is -0.522. The van der Waals surface area contributed by atoms with E-state index in [0.29, 0.717) is 24.1 Å². The number of halogens is 2. The summed E-state index contributed by atoms with van der Waals surface area (Å²) < 4.78 is 26.2. The van der Waals surface area contributed by atoms with Gasteiger partial charge in [-0.25, -0.2) is 8.78 Å². The van der Waals surface area contributed by atoms with Gasteiger partial charge in [0.2, 0.25) is 0 Å². The van der Waals surface area contributed by atoms with Crippen LogP contribution in [0.25, 0.3) is 0 Å². The van der Waals surface area contributed by atoms with E-state index in [4.69, 9.17) is 0 Å². The molecule has 2 rings (SSSR count). The van der Waals surface area contributed by atoms with Crippen molar-refractivity contribution in [1.82, 2.24) is 10.6 Å². The quantitative estimate of drug-likeness (QED) is 0.858. The Kier molecular flexibility index (Phi) is 5.28. The van der Waals surface area contributed by atoms with E-state index in [1.807, 2.05) is 7.05 Å². The number of hydrogen-bond donors (Lipinski definition) is 2. The van der Waals surface area contributed by atoms with Crippen molar-refractivity contribution < 1.29 is 8.78 Å². The van der Waals surface area contributed by atoms with Gasteiger partial charge in [0.05, 0.1) is 0 Å². The van der Waals surface area contributed by atoms with E-state index < -0.39 is 11.6 Å². The van der Waals surface area contributed by atoms with Gasteiger partial charge in [-0.1, -0.05) is 6.07 Å².